The number of aromatic nitrogens is 2. The van der Waals surface area contributed by atoms with E-state index in [2.05, 4.69) is 4.98 Å². The third-order valence-corrected chi connectivity index (χ3v) is 5.24. The Balaban J connectivity index is 2.23. The number of aromatic carboxylic acids is 1. The molecule has 2 aromatic heterocycles. The van der Waals surface area contributed by atoms with Gasteiger partial charge in [0.1, 0.15) is 5.65 Å². The molecule has 0 atom stereocenters. The van der Waals surface area contributed by atoms with E-state index in [9.17, 15) is 23.1 Å². The van der Waals surface area contributed by atoms with Gasteiger partial charge in [0, 0.05) is 12.7 Å². The van der Waals surface area contributed by atoms with Crippen molar-refractivity contribution in [2.45, 2.75) is 6.42 Å². The quantitative estimate of drug-likeness (QED) is 0.771. The second-order valence-electron chi connectivity index (χ2n) is 4.78. The lowest BCUT2D eigenvalue weighted by molar-refractivity contribution is 0.0686. The zero-order chi connectivity index (χ0) is 16.1. The van der Waals surface area contributed by atoms with Gasteiger partial charge in [0.25, 0.3) is 0 Å². The van der Waals surface area contributed by atoms with Gasteiger partial charge in [0.05, 0.1) is 11.4 Å². The van der Waals surface area contributed by atoms with Crippen LogP contribution in [0.4, 0.5) is 5.69 Å². The molecule has 0 aromatic carbocycles. The Hall–Kier alpha value is -2.62. The molecule has 0 saturated carbocycles. The molecule has 1 saturated heterocycles. The number of carboxylic acid groups (broad SMARTS) is 1. The van der Waals surface area contributed by atoms with Crippen molar-refractivity contribution in [3.05, 3.63) is 34.4 Å². The van der Waals surface area contributed by atoms with Crippen molar-refractivity contribution < 1.29 is 23.4 Å². The van der Waals surface area contributed by atoms with Crippen molar-refractivity contribution in [1.29, 1.82) is 0 Å². The minimum absolute atomic E-state index is 0.000505. The van der Waals surface area contributed by atoms with Gasteiger partial charge in [-0.1, -0.05) is 0 Å². The molecule has 10 heteroatoms. The number of aromatic hydroxyl groups is 1. The Morgan fingerprint density at radius 1 is 1.32 bits per heavy atom. The van der Waals surface area contributed by atoms with Gasteiger partial charge in [0.15, 0.2) is 5.69 Å². The lowest BCUT2D eigenvalue weighted by Gasteiger charge is -2.17. The van der Waals surface area contributed by atoms with Gasteiger partial charge in [0.2, 0.25) is 15.8 Å². The van der Waals surface area contributed by atoms with Gasteiger partial charge >= 0.3 is 11.5 Å². The Morgan fingerprint density at radius 2 is 2.05 bits per heavy atom. The van der Waals surface area contributed by atoms with Crippen LogP contribution < -0.4 is 9.86 Å². The van der Waals surface area contributed by atoms with Crippen LogP contribution in [0.3, 0.4) is 0 Å². The molecule has 116 valence electrons. The van der Waals surface area contributed by atoms with Crippen LogP contribution in [0.1, 0.15) is 16.9 Å². The fourth-order valence-corrected chi connectivity index (χ4v) is 3.90. The Bertz CT molecular complexity index is 949. The van der Waals surface area contributed by atoms with Gasteiger partial charge in [-0.2, -0.15) is 0 Å². The van der Waals surface area contributed by atoms with Crippen LogP contribution in [0.15, 0.2) is 23.1 Å². The fraction of sp³-hybridized carbons (Fsp3) is 0.250. The number of pyridine rings is 1. The molecular weight excluding hydrogens is 314 g/mol. The molecule has 2 N–H and O–H groups in total. The molecule has 3 rings (SSSR count). The zero-order valence-electron chi connectivity index (χ0n) is 11.1. The summed E-state index contributed by atoms with van der Waals surface area (Å²) in [6, 6.07) is 2.77. The second-order valence-corrected chi connectivity index (χ2v) is 6.79. The molecule has 22 heavy (non-hydrogen) atoms. The number of fused-ring (bicyclic) bond motifs is 1. The molecule has 0 unspecified atom stereocenters. The zero-order valence-corrected chi connectivity index (χ0v) is 11.9. The van der Waals surface area contributed by atoms with Crippen LogP contribution in [0.5, 0.6) is 5.75 Å². The number of nitrogens with zero attached hydrogens (tertiary/aromatic N) is 3. The highest BCUT2D eigenvalue weighted by molar-refractivity contribution is 7.93. The van der Waals surface area contributed by atoms with E-state index in [0.29, 0.717) is 13.0 Å². The number of rotatable bonds is 2. The molecule has 1 aliphatic heterocycles. The summed E-state index contributed by atoms with van der Waals surface area (Å²) in [5.74, 6) is -2.49. The van der Waals surface area contributed by atoms with Crippen LogP contribution in [0, 0.1) is 0 Å². The maximum atomic E-state index is 12.0. The van der Waals surface area contributed by atoms with E-state index in [4.69, 9.17) is 5.11 Å². The van der Waals surface area contributed by atoms with E-state index in [-0.39, 0.29) is 17.1 Å². The van der Waals surface area contributed by atoms with Gasteiger partial charge in [-0.05, 0) is 18.6 Å². The number of carbonyl (C=O) groups is 1. The van der Waals surface area contributed by atoms with Crippen LogP contribution in [-0.4, -0.2) is 46.3 Å². The summed E-state index contributed by atoms with van der Waals surface area (Å²) in [6.45, 7) is 0.301. The van der Waals surface area contributed by atoms with Crippen LogP contribution in [0.2, 0.25) is 0 Å². The predicted octanol–water partition coefficient (Wildman–Crippen LogP) is -0.362. The maximum Gasteiger partial charge on any atom is 0.358 e. The minimum Gasteiger partial charge on any atom is -0.501 e. The lowest BCUT2D eigenvalue weighted by Crippen LogP contribution is -2.26. The summed E-state index contributed by atoms with van der Waals surface area (Å²) in [5.41, 5.74) is -1.45. The van der Waals surface area contributed by atoms with E-state index in [1.165, 1.54) is 22.6 Å². The highest BCUT2D eigenvalue weighted by atomic mass is 32.2. The third kappa shape index (κ3) is 2.08. The number of carboxylic acids is 1. The van der Waals surface area contributed by atoms with Crippen LogP contribution in [-0.2, 0) is 10.0 Å². The summed E-state index contributed by atoms with van der Waals surface area (Å²) < 4.78 is 25.9. The molecule has 0 spiro atoms. The number of sulfonamides is 1. The molecule has 0 radical (unpaired) electrons. The number of hydrogen-bond acceptors (Lipinski definition) is 6. The van der Waals surface area contributed by atoms with E-state index in [1.807, 2.05) is 0 Å². The fourth-order valence-electron chi connectivity index (χ4n) is 2.34. The summed E-state index contributed by atoms with van der Waals surface area (Å²) in [7, 11) is -3.41. The van der Waals surface area contributed by atoms with E-state index < -0.39 is 33.0 Å². The second kappa shape index (κ2) is 4.70. The van der Waals surface area contributed by atoms with E-state index >= 15 is 0 Å². The minimum atomic E-state index is -3.41. The molecule has 1 fully saturated rings. The average Bonchev–Trinajstić information content (AvgIpc) is 2.81. The summed E-state index contributed by atoms with van der Waals surface area (Å²) >= 11 is 0. The van der Waals surface area contributed by atoms with Crippen molar-refractivity contribution in [3.8, 4) is 5.75 Å². The topological polar surface area (TPSA) is 129 Å². The van der Waals surface area contributed by atoms with Crippen molar-refractivity contribution in [1.82, 2.24) is 9.38 Å². The summed E-state index contributed by atoms with van der Waals surface area (Å²) in [6.07, 6.45) is 1.70. The Labute approximate surface area is 124 Å². The molecule has 0 bridgehead atoms. The molecule has 1 aliphatic rings. The molecule has 0 amide bonds. The standard InChI is InChI=1S/C12H11N3O6S/c16-10-9(12(18)19)13-8-3-2-7(6-14(8)11(10)17)15-4-1-5-22(15,20)21/h2-3,6,16H,1,4-5H2,(H,18,19). The first kappa shape index (κ1) is 14.3. The Morgan fingerprint density at radius 3 is 2.64 bits per heavy atom. The maximum absolute atomic E-state index is 12.0. The highest BCUT2D eigenvalue weighted by Crippen LogP contribution is 2.24. The highest BCUT2D eigenvalue weighted by Gasteiger charge is 2.29. The normalized spacial score (nSPS) is 17.0. The Kier molecular flexibility index (Phi) is 3.06. The lowest BCUT2D eigenvalue weighted by atomic mass is 10.3. The number of anilines is 1. The molecule has 9 nitrogen and oxygen atoms in total. The van der Waals surface area contributed by atoms with Gasteiger partial charge < -0.3 is 10.2 Å². The van der Waals surface area contributed by atoms with Crippen LogP contribution in [0.25, 0.3) is 5.65 Å². The van der Waals surface area contributed by atoms with Gasteiger partial charge in [-0.25, -0.2) is 18.2 Å². The van der Waals surface area contributed by atoms with Crippen molar-refractivity contribution >= 4 is 27.3 Å². The van der Waals surface area contributed by atoms with Gasteiger partial charge in [-0.15, -0.1) is 0 Å². The first-order valence-electron chi connectivity index (χ1n) is 6.30. The van der Waals surface area contributed by atoms with Crippen molar-refractivity contribution in [2.24, 2.45) is 0 Å². The van der Waals surface area contributed by atoms with Crippen molar-refractivity contribution in [3.63, 3.8) is 0 Å². The molecule has 2 aromatic rings. The average molecular weight is 325 g/mol. The first-order chi connectivity index (χ1) is 10.3. The smallest absolute Gasteiger partial charge is 0.358 e. The van der Waals surface area contributed by atoms with E-state index in [1.54, 1.807) is 0 Å². The van der Waals surface area contributed by atoms with Crippen molar-refractivity contribution in [2.75, 3.05) is 16.6 Å². The number of hydrogen-bond donors (Lipinski definition) is 2. The first-order valence-corrected chi connectivity index (χ1v) is 7.91. The molecule has 0 aliphatic carbocycles. The van der Waals surface area contributed by atoms with Crippen LogP contribution >= 0.6 is 0 Å². The third-order valence-electron chi connectivity index (χ3n) is 3.37. The largest absolute Gasteiger partial charge is 0.501 e. The molecule has 3 heterocycles. The van der Waals surface area contributed by atoms with Gasteiger partial charge in [-0.3, -0.25) is 13.5 Å². The summed E-state index contributed by atoms with van der Waals surface area (Å²) in [4.78, 5) is 26.6. The molecular formula is C12H11N3O6S. The SMILES string of the molecule is O=C(O)c1nc2ccc(N3CCCS3(=O)=O)cn2c(=O)c1O. The summed E-state index contributed by atoms with van der Waals surface area (Å²) in [5, 5.41) is 18.5. The predicted molar refractivity (Wildman–Crippen MR) is 75.8 cm³/mol. The van der Waals surface area contributed by atoms with E-state index in [0.717, 1.165) is 4.40 Å². The monoisotopic (exact) mass is 325 g/mol.